The zero-order valence-electron chi connectivity index (χ0n) is 16.5. The fourth-order valence-electron chi connectivity index (χ4n) is 3.66. The largest absolute Gasteiger partial charge is 0.405 e. The number of aryl methyl sites for hydroxylation is 1. The molecule has 0 fully saturated rings. The first-order chi connectivity index (χ1) is 14.3. The Morgan fingerprint density at radius 3 is 2.63 bits per heavy atom. The lowest BCUT2D eigenvalue weighted by Crippen LogP contribution is -2.35. The normalized spacial score (nSPS) is 16.0. The minimum atomic E-state index is -4.29. The van der Waals surface area contributed by atoms with Crippen LogP contribution >= 0.6 is 23.1 Å². The van der Waals surface area contributed by atoms with Crippen LogP contribution in [-0.4, -0.2) is 29.2 Å². The van der Waals surface area contributed by atoms with E-state index in [0.29, 0.717) is 23.7 Å². The molecule has 1 atom stereocenters. The molecule has 0 saturated heterocycles. The summed E-state index contributed by atoms with van der Waals surface area (Å²) < 4.78 is 39.8. The topological polar surface area (TPSA) is 41.1 Å². The van der Waals surface area contributed by atoms with Crippen molar-refractivity contribution in [2.75, 3.05) is 23.0 Å². The van der Waals surface area contributed by atoms with E-state index in [1.807, 2.05) is 43.5 Å². The van der Waals surface area contributed by atoms with Crippen LogP contribution in [0.3, 0.4) is 0 Å². The van der Waals surface area contributed by atoms with E-state index in [0.717, 1.165) is 21.8 Å². The molecule has 3 aromatic rings. The number of nitrogens with zero attached hydrogens (tertiary/aromatic N) is 3. The third-order valence-electron chi connectivity index (χ3n) is 5.12. The number of aromatic nitrogens is 2. The smallest absolute Gasteiger partial charge is 0.378 e. The minimum Gasteiger partial charge on any atom is -0.378 e. The van der Waals surface area contributed by atoms with E-state index in [9.17, 15) is 13.2 Å². The summed E-state index contributed by atoms with van der Waals surface area (Å²) in [5, 5.41) is 13.1. The van der Waals surface area contributed by atoms with E-state index in [2.05, 4.69) is 15.5 Å². The van der Waals surface area contributed by atoms with Gasteiger partial charge in [-0.2, -0.15) is 13.2 Å². The summed E-state index contributed by atoms with van der Waals surface area (Å²) in [5.74, 6) is 0. The van der Waals surface area contributed by atoms with Gasteiger partial charge in [-0.1, -0.05) is 23.5 Å². The number of nitrogens with one attached hydrogen (secondary N) is 1. The standard InChI is InChI=1S/C21H21F3N4S2/c1-13-4-3-5-17-16(13)10-18(28(17)12-21(22,23)24)20-27-26-19(30-20)11-25-14-6-8-15(29-2)9-7-14/h3-9,18,25H,10-12H2,1-2H3. The Kier molecular flexibility index (Phi) is 5.92. The SMILES string of the molecule is CSc1ccc(NCc2nnc(C3Cc4c(C)cccc4N3CC(F)(F)F)s2)cc1. The number of rotatable bonds is 6. The van der Waals surface area contributed by atoms with Gasteiger partial charge in [-0.25, -0.2) is 0 Å². The van der Waals surface area contributed by atoms with Crippen LogP contribution in [0.25, 0.3) is 0 Å². The van der Waals surface area contributed by atoms with Crippen molar-refractivity contribution in [3.05, 3.63) is 63.6 Å². The fraction of sp³-hybridized carbons (Fsp3) is 0.333. The van der Waals surface area contributed by atoms with Gasteiger partial charge in [0.1, 0.15) is 16.6 Å². The third-order valence-corrected chi connectivity index (χ3v) is 6.89. The van der Waals surface area contributed by atoms with Gasteiger partial charge in [0.2, 0.25) is 0 Å². The molecule has 4 nitrogen and oxygen atoms in total. The fourth-order valence-corrected chi connectivity index (χ4v) is 4.97. The van der Waals surface area contributed by atoms with Crippen LogP contribution in [0.5, 0.6) is 0 Å². The first-order valence-corrected chi connectivity index (χ1v) is 11.5. The summed E-state index contributed by atoms with van der Waals surface area (Å²) in [7, 11) is 0. The van der Waals surface area contributed by atoms with Gasteiger partial charge in [0, 0.05) is 22.7 Å². The van der Waals surface area contributed by atoms with Crippen LogP contribution in [0.15, 0.2) is 47.4 Å². The Labute approximate surface area is 181 Å². The average Bonchev–Trinajstić information content (AvgIpc) is 3.31. The molecule has 1 aromatic heterocycles. The molecule has 4 rings (SSSR count). The van der Waals surface area contributed by atoms with Crippen LogP contribution in [0, 0.1) is 6.92 Å². The summed E-state index contributed by atoms with van der Waals surface area (Å²) >= 11 is 3.04. The Morgan fingerprint density at radius 2 is 1.93 bits per heavy atom. The highest BCUT2D eigenvalue weighted by Crippen LogP contribution is 2.43. The van der Waals surface area contributed by atoms with Gasteiger partial charge >= 0.3 is 6.18 Å². The molecule has 2 heterocycles. The summed E-state index contributed by atoms with van der Waals surface area (Å²) in [6.45, 7) is 1.42. The molecule has 1 N–H and O–H groups in total. The van der Waals surface area contributed by atoms with Gasteiger partial charge in [-0.15, -0.1) is 22.0 Å². The van der Waals surface area contributed by atoms with Crippen LogP contribution in [-0.2, 0) is 13.0 Å². The number of hydrogen-bond donors (Lipinski definition) is 1. The lowest BCUT2D eigenvalue weighted by molar-refractivity contribution is -0.120. The highest BCUT2D eigenvalue weighted by Gasteiger charge is 2.40. The summed E-state index contributed by atoms with van der Waals surface area (Å²) in [6.07, 6.45) is -1.76. The van der Waals surface area contributed by atoms with E-state index in [-0.39, 0.29) is 0 Å². The second kappa shape index (κ2) is 8.47. The Hall–Kier alpha value is -2.26. The quantitative estimate of drug-likeness (QED) is 0.478. The van der Waals surface area contributed by atoms with Gasteiger partial charge in [-0.3, -0.25) is 0 Å². The van der Waals surface area contributed by atoms with Crippen LogP contribution in [0.4, 0.5) is 24.5 Å². The lowest BCUT2D eigenvalue weighted by Gasteiger charge is -2.27. The van der Waals surface area contributed by atoms with Gasteiger partial charge in [0.25, 0.3) is 0 Å². The van der Waals surface area contributed by atoms with Crippen molar-refractivity contribution in [2.45, 2.75) is 37.0 Å². The molecular weight excluding hydrogens is 429 g/mol. The van der Waals surface area contributed by atoms with Crippen molar-refractivity contribution in [1.29, 1.82) is 0 Å². The average molecular weight is 451 g/mol. The number of halogens is 3. The molecule has 158 valence electrons. The van der Waals surface area contributed by atoms with Gasteiger partial charge in [0.15, 0.2) is 0 Å². The Bertz CT molecular complexity index is 1020. The third kappa shape index (κ3) is 4.57. The summed E-state index contributed by atoms with van der Waals surface area (Å²) in [5.41, 5.74) is 3.56. The molecule has 1 unspecified atom stereocenters. The molecule has 0 amide bonds. The molecular formula is C21H21F3N4S2. The number of hydrogen-bond acceptors (Lipinski definition) is 6. The van der Waals surface area contributed by atoms with E-state index in [1.54, 1.807) is 23.9 Å². The Balaban J connectivity index is 1.51. The number of benzene rings is 2. The van der Waals surface area contributed by atoms with Crippen LogP contribution < -0.4 is 10.2 Å². The van der Waals surface area contributed by atoms with Crippen molar-refractivity contribution < 1.29 is 13.2 Å². The first kappa shape index (κ1) is 21.0. The zero-order chi connectivity index (χ0) is 21.3. The number of anilines is 2. The van der Waals surface area contributed by atoms with Crippen LogP contribution in [0.1, 0.15) is 27.2 Å². The summed E-state index contributed by atoms with van der Waals surface area (Å²) in [6, 6.07) is 13.1. The lowest BCUT2D eigenvalue weighted by atomic mass is 10.0. The molecule has 2 aromatic carbocycles. The molecule has 0 spiro atoms. The van der Waals surface area contributed by atoms with Crippen molar-refractivity contribution >= 4 is 34.5 Å². The van der Waals surface area contributed by atoms with Gasteiger partial charge < -0.3 is 10.2 Å². The predicted molar refractivity (Wildman–Crippen MR) is 116 cm³/mol. The van der Waals surface area contributed by atoms with Gasteiger partial charge in [-0.05, 0) is 54.6 Å². The van der Waals surface area contributed by atoms with E-state index < -0.39 is 18.8 Å². The van der Waals surface area contributed by atoms with Crippen molar-refractivity contribution in [3.8, 4) is 0 Å². The highest BCUT2D eigenvalue weighted by molar-refractivity contribution is 7.98. The van der Waals surface area contributed by atoms with Crippen LogP contribution in [0.2, 0.25) is 0 Å². The van der Waals surface area contributed by atoms with Gasteiger partial charge in [0.05, 0.1) is 12.6 Å². The number of fused-ring (bicyclic) bond motifs is 1. The maximum atomic E-state index is 13.3. The minimum absolute atomic E-state index is 0.449. The second-order valence-electron chi connectivity index (χ2n) is 7.15. The molecule has 30 heavy (non-hydrogen) atoms. The molecule has 1 aliphatic rings. The second-order valence-corrected chi connectivity index (χ2v) is 9.12. The molecule has 0 aliphatic carbocycles. The highest BCUT2D eigenvalue weighted by atomic mass is 32.2. The molecule has 0 radical (unpaired) electrons. The Morgan fingerprint density at radius 1 is 1.17 bits per heavy atom. The number of thioether (sulfide) groups is 1. The van der Waals surface area contributed by atoms with Crippen molar-refractivity contribution in [2.24, 2.45) is 0 Å². The molecule has 0 saturated carbocycles. The maximum absolute atomic E-state index is 13.3. The van der Waals surface area contributed by atoms with E-state index >= 15 is 0 Å². The zero-order valence-corrected chi connectivity index (χ0v) is 18.2. The molecule has 0 bridgehead atoms. The van der Waals surface area contributed by atoms with Crippen molar-refractivity contribution in [1.82, 2.24) is 10.2 Å². The monoisotopic (exact) mass is 450 g/mol. The predicted octanol–water partition coefficient (Wildman–Crippen LogP) is 5.85. The van der Waals surface area contributed by atoms with E-state index in [1.165, 1.54) is 21.1 Å². The first-order valence-electron chi connectivity index (χ1n) is 9.46. The van der Waals surface area contributed by atoms with E-state index in [4.69, 9.17) is 0 Å². The maximum Gasteiger partial charge on any atom is 0.405 e. The molecule has 1 aliphatic heterocycles. The van der Waals surface area contributed by atoms with Crippen molar-refractivity contribution in [3.63, 3.8) is 0 Å². The summed E-state index contributed by atoms with van der Waals surface area (Å²) in [4.78, 5) is 2.60. The molecule has 9 heteroatoms. The number of alkyl halides is 3.